The van der Waals surface area contributed by atoms with Crippen LogP contribution in [0.25, 0.3) is 16.9 Å². The molecular formula is C23H27N5O2. The number of nitrogens with zero attached hydrogens (tertiary/aromatic N) is 5. The van der Waals surface area contributed by atoms with E-state index < -0.39 is 0 Å². The van der Waals surface area contributed by atoms with Crippen LogP contribution >= 0.6 is 0 Å². The maximum absolute atomic E-state index is 5.49. The summed E-state index contributed by atoms with van der Waals surface area (Å²) in [6.45, 7) is 3.88. The number of hydrogen-bond donors (Lipinski definition) is 0. The fourth-order valence-corrected chi connectivity index (χ4v) is 3.46. The van der Waals surface area contributed by atoms with Gasteiger partial charge < -0.3 is 14.4 Å². The van der Waals surface area contributed by atoms with Gasteiger partial charge in [0, 0.05) is 43.5 Å². The summed E-state index contributed by atoms with van der Waals surface area (Å²) in [6.07, 6.45) is 3.92. The third-order valence-electron chi connectivity index (χ3n) is 5.26. The number of hydrogen-bond acceptors (Lipinski definition) is 6. The van der Waals surface area contributed by atoms with E-state index in [9.17, 15) is 0 Å². The first-order valence-electron chi connectivity index (χ1n) is 10.0. The molecule has 1 aliphatic rings. The SMILES string of the molecule is COc1ccc(-c2nn(-c3ccccc3)cc2C=NN2CCN(C)CC2)cc1OC. The summed E-state index contributed by atoms with van der Waals surface area (Å²) >= 11 is 0. The average molecular weight is 406 g/mol. The van der Waals surface area contributed by atoms with E-state index in [-0.39, 0.29) is 0 Å². The predicted octanol–water partition coefficient (Wildman–Crippen LogP) is 3.14. The van der Waals surface area contributed by atoms with E-state index in [0.29, 0.717) is 11.5 Å². The van der Waals surface area contributed by atoms with Crippen LogP contribution in [-0.2, 0) is 0 Å². The molecule has 3 aromatic rings. The number of benzene rings is 2. The lowest BCUT2D eigenvalue weighted by atomic mass is 10.1. The summed E-state index contributed by atoms with van der Waals surface area (Å²) in [5.74, 6) is 1.36. The highest BCUT2D eigenvalue weighted by Gasteiger charge is 2.15. The van der Waals surface area contributed by atoms with Gasteiger partial charge in [0.2, 0.25) is 0 Å². The molecule has 2 heterocycles. The minimum absolute atomic E-state index is 0.672. The number of aromatic nitrogens is 2. The fourth-order valence-electron chi connectivity index (χ4n) is 3.46. The Morgan fingerprint density at radius 1 is 0.933 bits per heavy atom. The first kappa shape index (κ1) is 20.0. The first-order valence-corrected chi connectivity index (χ1v) is 10.0. The number of piperazine rings is 1. The zero-order valence-corrected chi connectivity index (χ0v) is 17.7. The highest BCUT2D eigenvalue weighted by Crippen LogP contribution is 2.33. The second-order valence-electron chi connectivity index (χ2n) is 7.28. The van der Waals surface area contributed by atoms with Crippen LogP contribution in [0, 0.1) is 0 Å². The Balaban J connectivity index is 1.71. The zero-order chi connectivity index (χ0) is 20.9. The van der Waals surface area contributed by atoms with Crippen LogP contribution in [0.5, 0.6) is 11.5 Å². The van der Waals surface area contributed by atoms with E-state index in [1.54, 1.807) is 14.2 Å². The molecule has 2 aromatic carbocycles. The van der Waals surface area contributed by atoms with Gasteiger partial charge in [-0.15, -0.1) is 0 Å². The molecule has 7 heteroatoms. The van der Waals surface area contributed by atoms with E-state index in [1.807, 2.05) is 65.6 Å². The van der Waals surface area contributed by atoms with Gasteiger partial charge in [-0.25, -0.2) is 4.68 Å². The van der Waals surface area contributed by atoms with Crippen molar-refractivity contribution in [2.24, 2.45) is 5.10 Å². The highest BCUT2D eigenvalue weighted by atomic mass is 16.5. The van der Waals surface area contributed by atoms with Gasteiger partial charge in [-0.2, -0.15) is 10.2 Å². The Labute approximate surface area is 177 Å². The van der Waals surface area contributed by atoms with E-state index in [2.05, 4.69) is 17.0 Å². The molecule has 7 nitrogen and oxygen atoms in total. The number of methoxy groups -OCH3 is 2. The summed E-state index contributed by atoms with van der Waals surface area (Å²) in [4.78, 5) is 2.31. The van der Waals surface area contributed by atoms with Crippen molar-refractivity contribution < 1.29 is 9.47 Å². The summed E-state index contributed by atoms with van der Waals surface area (Å²) in [7, 11) is 5.41. The maximum atomic E-state index is 5.49. The lowest BCUT2D eigenvalue weighted by molar-refractivity contribution is 0.159. The first-order chi connectivity index (χ1) is 14.7. The van der Waals surface area contributed by atoms with Gasteiger partial charge in [0.1, 0.15) is 5.69 Å². The van der Waals surface area contributed by atoms with Crippen LogP contribution in [0.4, 0.5) is 0 Å². The second-order valence-corrected chi connectivity index (χ2v) is 7.28. The standard InChI is InChI=1S/C23H27N5O2/c1-26-11-13-27(14-12-26)24-16-19-17-28(20-7-5-4-6-8-20)25-23(19)18-9-10-21(29-2)22(15-18)30-3/h4-10,15-17H,11-14H2,1-3H3. The smallest absolute Gasteiger partial charge is 0.161 e. The molecule has 0 spiro atoms. The Kier molecular flexibility index (Phi) is 5.99. The minimum Gasteiger partial charge on any atom is -0.493 e. The van der Waals surface area contributed by atoms with Crippen LogP contribution in [0.1, 0.15) is 5.56 Å². The molecule has 0 atom stereocenters. The third kappa shape index (κ3) is 4.31. The molecule has 4 rings (SSSR count). The lowest BCUT2D eigenvalue weighted by Gasteiger charge is -2.30. The van der Waals surface area contributed by atoms with Crippen molar-refractivity contribution in [2.75, 3.05) is 47.4 Å². The topological polar surface area (TPSA) is 55.1 Å². The molecule has 1 aliphatic heterocycles. The molecule has 0 unspecified atom stereocenters. The Hall–Kier alpha value is -3.32. The minimum atomic E-state index is 0.672. The van der Waals surface area contributed by atoms with E-state index in [0.717, 1.165) is 48.7 Å². The number of hydrazone groups is 1. The molecule has 0 bridgehead atoms. The summed E-state index contributed by atoms with van der Waals surface area (Å²) in [5.41, 5.74) is 3.74. The van der Waals surface area contributed by atoms with Crippen LogP contribution in [-0.4, -0.2) is 73.4 Å². The molecule has 1 fully saturated rings. The molecular weight excluding hydrogens is 378 g/mol. The summed E-state index contributed by atoms with van der Waals surface area (Å²) in [6, 6.07) is 15.9. The quantitative estimate of drug-likeness (QED) is 0.590. The monoisotopic (exact) mass is 405 g/mol. The van der Waals surface area contributed by atoms with E-state index in [1.165, 1.54) is 0 Å². The van der Waals surface area contributed by atoms with Crippen LogP contribution in [0.15, 0.2) is 59.8 Å². The van der Waals surface area contributed by atoms with Crippen LogP contribution < -0.4 is 9.47 Å². The summed E-state index contributed by atoms with van der Waals surface area (Å²) in [5, 5.41) is 11.7. The molecule has 0 amide bonds. The molecule has 0 aliphatic carbocycles. The highest BCUT2D eigenvalue weighted by molar-refractivity contribution is 5.89. The zero-order valence-electron chi connectivity index (χ0n) is 17.7. The van der Waals surface area contributed by atoms with Gasteiger partial charge in [0.05, 0.1) is 26.1 Å². The Morgan fingerprint density at radius 2 is 1.67 bits per heavy atom. The second kappa shape index (κ2) is 9.00. The van der Waals surface area contributed by atoms with Crippen molar-refractivity contribution >= 4 is 6.21 Å². The van der Waals surface area contributed by atoms with Crippen molar-refractivity contribution in [3.8, 4) is 28.4 Å². The number of para-hydroxylation sites is 1. The van der Waals surface area contributed by atoms with Gasteiger partial charge in [-0.3, -0.25) is 5.01 Å². The molecule has 1 aromatic heterocycles. The van der Waals surface area contributed by atoms with Gasteiger partial charge in [0.25, 0.3) is 0 Å². The van der Waals surface area contributed by atoms with Gasteiger partial charge in [-0.1, -0.05) is 18.2 Å². The van der Waals surface area contributed by atoms with Gasteiger partial charge in [-0.05, 0) is 37.4 Å². The average Bonchev–Trinajstić information content (AvgIpc) is 3.23. The molecule has 30 heavy (non-hydrogen) atoms. The number of likely N-dealkylation sites (N-methyl/N-ethyl adjacent to an activating group) is 1. The molecule has 1 saturated heterocycles. The van der Waals surface area contributed by atoms with Crippen LogP contribution in [0.3, 0.4) is 0 Å². The van der Waals surface area contributed by atoms with Crippen molar-refractivity contribution in [1.82, 2.24) is 19.7 Å². The van der Waals surface area contributed by atoms with E-state index >= 15 is 0 Å². The van der Waals surface area contributed by atoms with Crippen molar-refractivity contribution in [1.29, 1.82) is 0 Å². The predicted molar refractivity (Wildman–Crippen MR) is 119 cm³/mol. The molecule has 156 valence electrons. The molecule has 0 N–H and O–H groups in total. The largest absolute Gasteiger partial charge is 0.493 e. The number of rotatable bonds is 6. The fraction of sp³-hybridized carbons (Fsp3) is 0.304. The van der Waals surface area contributed by atoms with E-state index in [4.69, 9.17) is 19.7 Å². The Morgan fingerprint density at radius 3 is 2.37 bits per heavy atom. The maximum Gasteiger partial charge on any atom is 0.161 e. The Bertz CT molecular complexity index is 1010. The number of ether oxygens (including phenoxy) is 2. The molecule has 0 radical (unpaired) electrons. The van der Waals surface area contributed by atoms with Crippen LogP contribution in [0.2, 0.25) is 0 Å². The van der Waals surface area contributed by atoms with Crippen molar-refractivity contribution in [2.45, 2.75) is 0 Å². The summed E-state index contributed by atoms with van der Waals surface area (Å²) < 4.78 is 12.8. The third-order valence-corrected chi connectivity index (χ3v) is 5.26. The van der Waals surface area contributed by atoms with Crippen molar-refractivity contribution in [3.05, 3.63) is 60.3 Å². The molecule has 0 saturated carbocycles. The van der Waals surface area contributed by atoms with Crippen molar-refractivity contribution in [3.63, 3.8) is 0 Å². The van der Waals surface area contributed by atoms with Gasteiger partial charge >= 0.3 is 0 Å². The van der Waals surface area contributed by atoms with Gasteiger partial charge in [0.15, 0.2) is 11.5 Å². The normalized spacial score (nSPS) is 15.0. The lowest BCUT2D eigenvalue weighted by Crippen LogP contribution is -2.41.